The summed E-state index contributed by atoms with van der Waals surface area (Å²) in [5, 5.41) is 0. The maximum Gasteiger partial charge on any atom is 0.409 e. The zero-order valence-corrected chi connectivity index (χ0v) is 21.2. The number of imidazole rings is 1. The normalized spacial score (nSPS) is 16.8. The summed E-state index contributed by atoms with van der Waals surface area (Å²) in [6, 6.07) is 8.36. The topological polar surface area (TPSA) is 82.9 Å². The number of aromatic nitrogens is 2. The highest BCUT2D eigenvalue weighted by Gasteiger charge is 2.30. The summed E-state index contributed by atoms with van der Waals surface area (Å²) in [6.07, 6.45) is 5.13. The van der Waals surface area contributed by atoms with Crippen LogP contribution in [0.15, 0.2) is 30.3 Å². The number of carbonyl (C=O) groups is 2. The van der Waals surface area contributed by atoms with E-state index in [1.807, 2.05) is 0 Å². The van der Waals surface area contributed by atoms with Gasteiger partial charge in [-0.2, -0.15) is 0 Å². The van der Waals surface area contributed by atoms with Crippen LogP contribution in [0.25, 0.3) is 11.0 Å². The summed E-state index contributed by atoms with van der Waals surface area (Å²) in [7, 11) is 2.90. The lowest BCUT2D eigenvalue weighted by atomic mass is 9.88. The van der Waals surface area contributed by atoms with Gasteiger partial charge in [0, 0.05) is 23.6 Å². The van der Waals surface area contributed by atoms with E-state index in [1.54, 1.807) is 4.90 Å². The van der Waals surface area contributed by atoms with E-state index in [0.29, 0.717) is 30.9 Å². The Kier molecular flexibility index (Phi) is 7.30. The zero-order chi connectivity index (χ0) is 25.9. The Morgan fingerprint density at radius 2 is 2.00 bits per heavy atom. The molecule has 37 heavy (non-hydrogen) atoms. The van der Waals surface area contributed by atoms with Gasteiger partial charge in [0.25, 0.3) is 6.47 Å². The molecular formula is C28H32FN3O5. The molecule has 1 amide bonds. The molecule has 2 aromatic carbocycles. The van der Waals surface area contributed by atoms with Gasteiger partial charge >= 0.3 is 6.09 Å². The number of hydrogen-bond donors (Lipinski definition) is 0. The fraction of sp³-hybridized carbons (Fsp3) is 0.464. The predicted octanol–water partition coefficient (Wildman–Crippen LogP) is 5.27. The van der Waals surface area contributed by atoms with E-state index in [1.165, 1.54) is 44.4 Å². The molecule has 2 aliphatic rings. The SMILES string of the molecule is COC(=O)N1CCc2ccc3c(nc(C4CCCCC4)n3C[C@H](OC=O)c3cc(F)ccc3OC)c2C1. The maximum absolute atomic E-state index is 14.2. The first-order valence-corrected chi connectivity index (χ1v) is 12.8. The second-order valence-electron chi connectivity index (χ2n) is 9.74. The summed E-state index contributed by atoms with van der Waals surface area (Å²) in [5.41, 5.74) is 4.39. The molecule has 2 heterocycles. The molecule has 0 radical (unpaired) electrons. The van der Waals surface area contributed by atoms with Crippen molar-refractivity contribution in [3.63, 3.8) is 0 Å². The predicted molar refractivity (Wildman–Crippen MR) is 135 cm³/mol. The monoisotopic (exact) mass is 509 g/mol. The van der Waals surface area contributed by atoms with E-state index in [9.17, 15) is 14.0 Å². The van der Waals surface area contributed by atoms with Crippen LogP contribution in [0.5, 0.6) is 5.75 Å². The standard InChI is InChI=1S/C28H32FN3O5/c1-35-24-11-9-20(29)14-21(24)25(37-17-33)16-32-23-10-8-18-12-13-31(28(34)36-2)15-22(18)26(23)30-27(32)19-6-4-3-5-7-19/h8-11,14,17,19,25H,3-7,12-13,15-16H2,1-2H3/t25-/m0/s1. The van der Waals surface area contributed by atoms with Crippen LogP contribution in [0, 0.1) is 5.82 Å². The molecule has 1 fully saturated rings. The van der Waals surface area contributed by atoms with Gasteiger partial charge in [0.05, 0.1) is 38.3 Å². The van der Waals surface area contributed by atoms with E-state index < -0.39 is 11.9 Å². The third kappa shape index (κ3) is 4.86. The minimum Gasteiger partial charge on any atom is -0.496 e. The van der Waals surface area contributed by atoms with E-state index in [4.69, 9.17) is 19.2 Å². The van der Waals surface area contributed by atoms with E-state index in [-0.39, 0.29) is 18.6 Å². The van der Waals surface area contributed by atoms with Gasteiger partial charge in [-0.1, -0.05) is 25.3 Å². The van der Waals surface area contributed by atoms with Crippen molar-refractivity contribution in [1.82, 2.24) is 14.5 Å². The minimum atomic E-state index is -0.773. The summed E-state index contributed by atoms with van der Waals surface area (Å²) >= 11 is 0. The Hall–Kier alpha value is -3.62. The second-order valence-corrected chi connectivity index (χ2v) is 9.74. The highest BCUT2D eigenvalue weighted by atomic mass is 19.1. The number of nitrogens with zero attached hydrogens (tertiary/aromatic N) is 3. The molecule has 0 saturated heterocycles. The van der Waals surface area contributed by atoms with Crippen molar-refractivity contribution in [1.29, 1.82) is 0 Å². The second kappa shape index (κ2) is 10.8. The highest BCUT2D eigenvalue weighted by Crippen LogP contribution is 2.38. The Bertz CT molecular complexity index is 1300. The lowest BCUT2D eigenvalue weighted by Crippen LogP contribution is -2.35. The van der Waals surface area contributed by atoms with Crippen LogP contribution >= 0.6 is 0 Å². The first kappa shape index (κ1) is 25.0. The van der Waals surface area contributed by atoms with Crippen LogP contribution in [0.2, 0.25) is 0 Å². The average Bonchev–Trinajstić information content (AvgIpc) is 3.31. The fourth-order valence-electron chi connectivity index (χ4n) is 5.80. The molecule has 1 aliphatic heterocycles. The van der Waals surface area contributed by atoms with Gasteiger partial charge < -0.3 is 23.7 Å². The zero-order valence-electron chi connectivity index (χ0n) is 21.2. The van der Waals surface area contributed by atoms with E-state index in [2.05, 4.69) is 16.7 Å². The molecule has 0 bridgehead atoms. The van der Waals surface area contributed by atoms with Crippen LogP contribution in [0.1, 0.15) is 66.6 Å². The van der Waals surface area contributed by atoms with E-state index in [0.717, 1.165) is 54.5 Å². The summed E-state index contributed by atoms with van der Waals surface area (Å²) in [6.45, 7) is 1.67. The van der Waals surface area contributed by atoms with Crippen molar-refractivity contribution in [2.24, 2.45) is 0 Å². The molecule has 9 heteroatoms. The molecule has 196 valence electrons. The Morgan fingerprint density at radius 3 is 2.73 bits per heavy atom. The molecule has 1 aromatic heterocycles. The number of carbonyl (C=O) groups excluding carboxylic acids is 2. The van der Waals surface area contributed by atoms with Gasteiger partial charge in [-0.25, -0.2) is 14.2 Å². The molecule has 3 aromatic rings. The van der Waals surface area contributed by atoms with Crippen molar-refractivity contribution >= 4 is 23.6 Å². The third-order valence-electron chi connectivity index (χ3n) is 7.66. The smallest absolute Gasteiger partial charge is 0.409 e. The van der Waals surface area contributed by atoms with Gasteiger partial charge in [0.15, 0.2) is 0 Å². The molecular weight excluding hydrogens is 477 g/mol. The van der Waals surface area contributed by atoms with Gasteiger partial charge in [-0.15, -0.1) is 0 Å². The largest absolute Gasteiger partial charge is 0.496 e. The molecule has 0 spiro atoms. The molecule has 0 N–H and O–H groups in total. The number of benzene rings is 2. The van der Waals surface area contributed by atoms with Gasteiger partial charge in [-0.3, -0.25) is 4.79 Å². The van der Waals surface area contributed by atoms with Crippen molar-refractivity contribution in [2.75, 3.05) is 20.8 Å². The third-order valence-corrected chi connectivity index (χ3v) is 7.66. The molecule has 1 saturated carbocycles. The molecule has 1 atom stereocenters. The van der Waals surface area contributed by atoms with Crippen LogP contribution in [-0.2, 0) is 33.8 Å². The van der Waals surface area contributed by atoms with Crippen molar-refractivity contribution < 1.29 is 28.2 Å². The Morgan fingerprint density at radius 1 is 1.19 bits per heavy atom. The highest BCUT2D eigenvalue weighted by molar-refractivity contribution is 5.82. The van der Waals surface area contributed by atoms with Gasteiger partial charge in [-0.05, 0) is 49.1 Å². The lowest BCUT2D eigenvalue weighted by Gasteiger charge is -2.28. The first-order chi connectivity index (χ1) is 18.0. The Balaban J connectivity index is 1.63. The van der Waals surface area contributed by atoms with Gasteiger partial charge in [0.2, 0.25) is 0 Å². The number of ether oxygens (including phenoxy) is 3. The van der Waals surface area contributed by atoms with Crippen molar-refractivity contribution in [2.45, 2.75) is 63.6 Å². The molecule has 5 rings (SSSR count). The van der Waals surface area contributed by atoms with Crippen LogP contribution < -0.4 is 4.74 Å². The summed E-state index contributed by atoms with van der Waals surface area (Å²) in [5.74, 6) is 1.22. The molecule has 0 unspecified atom stereocenters. The quantitative estimate of drug-likeness (QED) is 0.404. The van der Waals surface area contributed by atoms with Crippen LogP contribution in [0.4, 0.5) is 9.18 Å². The minimum absolute atomic E-state index is 0.264. The maximum atomic E-state index is 14.2. The van der Waals surface area contributed by atoms with Crippen molar-refractivity contribution in [3.8, 4) is 5.75 Å². The number of rotatable bonds is 7. The van der Waals surface area contributed by atoms with E-state index >= 15 is 0 Å². The summed E-state index contributed by atoms with van der Waals surface area (Å²) < 4.78 is 32.3. The average molecular weight is 510 g/mol. The van der Waals surface area contributed by atoms with Crippen LogP contribution in [0.3, 0.4) is 0 Å². The number of halogens is 1. The first-order valence-electron chi connectivity index (χ1n) is 12.8. The number of methoxy groups -OCH3 is 2. The Labute approximate surface area is 215 Å². The van der Waals surface area contributed by atoms with Gasteiger partial charge in [0.1, 0.15) is 23.5 Å². The van der Waals surface area contributed by atoms with Crippen molar-refractivity contribution in [3.05, 3.63) is 58.7 Å². The summed E-state index contributed by atoms with van der Waals surface area (Å²) in [4.78, 5) is 30.7. The molecule has 1 aliphatic carbocycles. The number of amides is 1. The van der Waals surface area contributed by atoms with Crippen LogP contribution in [-0.4, -0.2) is 47.8 Å². The molecule has 8 nitrogen and oxygen atoms in total. The fourth-order valence-corrected chi connectivity index (χ4v) is 5.80. The number of fused-ring (bicyclic) bond motifs is 3. The number of hydrogen-bond acceptors (Lipinski definition) is 6. The lowest BCUT2D eigenvalue weighted by molar-refractivity contribution is -0.134.